The summed E-state index contributed by atoms with van der Waals surface area (Å²) in [4.78, 5) is 0. The molecule has 1 fully saturated rings. The van der Waals surface area contributed by atoms with Gasteiger partial charge in [0.2, 0.25) is 0 Å². The minimum absolute atomic E-state index is 0.333. The van der Waals surface area contributed by atoms with Gasteiger partial charge in [0.15, 0.2) is 0 Å². The molecule has 1 unspecified atom stereocenters. The molecule has 3 heteroatoms. The normalized spacial score (nSPS) is 28.9. The van der Waals surface area contributed by atoms with Gasteiger partial charge in [0, 0.05) is 13.1 Å². The minimum atomic E-state index is 0.333. The van der Waals surface area contributed by atoms with Crippen LogP contribution in [0, 0.1) is 0 Å². The summed E-state index contributed by atoms with van der Waals surface area (Å²) in [6.45, 7) is 2.37. The molecule has 8 heavy (non-hydrogen) atoms. The first-order chi connectivity index (χ1) is 3.93. The Bertz CT molecular complexity index is 61.4. The zero-order valence-electron chi connectivity index (χ0n) is 5.05. The van der Waals surface area contributed by atoms with Gasteiger partial charge in [-0.2, -0.15) is 0 Å². The smallest absolute Gasteiger partial charge is 0.113 e. The van der Waals surface area contributed by atoms with Gasteiger partial charge in [-0.15, -0.1) is 0 Å². The van der Waals surface area contributed by atoms with Crippen molar-refractivity contribution in [1.82, 2.24) is 10.6 Å². The predicted octanol–water partition coefficient (Wildman–Crippen LogP) is -0.833. The Kier molecular flexibility index (Phi) is 2.27. The van der Waals surface area contributed by atoms with Crippen molar-refractivity contribution in [3.05, 3.63) is 0 Å². The van der Waals surface area contributed by atoms with Crippen LogP contribution in [-0.4, -0.2) is 33.0 Å². The van der Waals surface area contributed by atoms with Gasteiger partial charge in [-0.1, -0.05) is 0 Å². The van der Waals surface area contributed by atoms with E-state index in [1.54, 1.807) is 0 Å². The Hall–Kier alpha value is -0.120. The van der Waals surface area contributed by atoms with Crippen LogP contribution in [0.3, 0.4) is 0 Å². The van der Waals surface area contributed by atoms with E-state index >= 15 is 0 Å². The number of likely N-dealkylation sites (N-methyl/N-ethyl adjacent to an activating group) is 1. The molecule has 47 valence electrons. The van der Waals surface area contributed by atoms with Gasteiger partial charge in [0.05, 0.1) is 6.10 Å². The zero-order valence-corrected chi connectivity index (χ0v) is 5.05. The van der Waals surface area contributed by atoms with Gasteiger partial charge < -0.3 is 10.1 Å². The van der Waals surface area contributed by atoms with E-state index in [-0.39, 0.29) is 0 Å². The molecule has 0 aliphatic carbocycles. The Morgan fingerprint density at radius 3 is 3.25 bits per heavy atom. The van der Waals surface area contributed by atoms with E-state index < -0.39 is 0 Å². The van der Waals surface area contributed by atoms with Crippen LogP contribution in [0.2, 0.25) is 0 Å². The summed E-state index contributed by atoms with van der Waals surface area (Å²) in [5.41, 5.74) is 0. The van der Waals surface area contributed by atoms with Crippen molar-refractivity contribution >= 4 is 0 Å². The van der Waals surface area contributed by atoms with Crippen LogP contribution in [0.4, 0.5) is 0 Å². The number of ether oxygens (including phenoxy) is 1. The largest absolute Gasteiger partial charge is 0.359 e. The van der Waals surface area contributed by atoms with Crippen molar-refractivity contribution in [2.75, 3.05) is 26.9 Å². The molecule has 0 aromatic carbocycles. The van der Waals surface area contributed by atoms with Crippen LogP contribution in [0.15, 0.2) is 0 Å². The van der Waals surface area contributed by atoms with Crippen molar-refractivity contribution in [1.29, 1.82) is 0 Å². The van der Waals surface area contributed by atoms with E-state index in [9.17, 15) is 0 Å². The molecule has 1 aliphatic rings. The maximum Gasteiger partial charge on any atom is 0.113 e. The molecule has 1 rings (SSSR count). The maximum atomic E-state index is 5.16. The van der Waals surface area contributed by atoms with E-state index in [0.717, 1.165) is 13.1 Å². The molecule has 1 saturated heterocycles. The average molecular weight is 115 g/mol. The molecule has 0 aromatic heterocycles. The van der Waals surface area contributed by atoms with Gasteiger partial charge >= 0.3 is 0 Å². The van der Waals surface area contributed by atoms with Gasteiger partial charge in [-0.25, -0.2) is 5.32 Å². The van der Waals surface area contributed by atoms with E-state index in [0.29, 0.717) is 12.8 Å². The van der Waals surface area contributed by atoms with Crippen molar-refractivity contribution in [3.8, 4) is 0 Å². The SMILES string of the molecule is CNCC1C[N]CO1. The molecule has 3 nitrogen and oxygen atoms in total. The van der Waals surface area contributed by atoms with Crippen LogP contribution in [0.25, 0.3) is 0 Å². The van der Waals surface area contributed by atoms with Gasteiger partial charge in [0.1, 0.15) is 6.73 Å². The lowest BCUT2D eigenvalue weighted by Crippen LogP contribution is -2.25. The maximum absolute atomic E-state index is 5.16. The number of hydrogen-bond donors (Lipinski definition) is 1. The molecular formula is C5H11N2O. The lowest BCUT2D eigenvalue weighted by atomic mass is 10.4. The van der Waals surface area contributed by atoms with Gasteiger partial charge in [0.25, 0.3) is 0 Å². The van der Waals surface area contributed by atoms with Crippen LogP contribution < -0.4 is 10.6 Å². The molecule has 1 atom stereocenters. The molecule has 0 aromatic rings. The molecule has 0 saturated carbocycles. The fourth-order valence-corrected chi connectivity index (χ4v) is 0.759. The molecule has 0 spiro atoms. The summed E-state index contributed by atoms with van der Waals surface area (Å²) >= 11 is 0. The molecule has 0 amide bonds. The molecule has 1 N–H and O–H groups in total. The number of nitrogens with zero attached hydrogens (tertiary/aromatic N) is 1. The standard InChI is InChI=1S/C5H11N2O/c1-6-2-5-3-7-4-8-5/h5-6H,2-4H2,1H3. The topological polar surface area (TPSA) is 35.4 Å². The highest BCUT2D eigenvalue weighted by Crippen LogP contribution is 1.94. The first kappa shape index (κ1) is 6.01. The minimum Gasteiger partial charge on any atom is -0.359 e. The number of nitrogens with one attached hydrogen (secondary N) is 1. The zero-order chi connectivity index (χ0) is 5.82. The highest BCUT2D eigenvalue weighted by molar-refractivity contribution is 4.66. The van der Waals surface area contributed by atoms with E-state index in [4.69, 9.17) is 4.74 Å². The van der Waals surface area contributed by atoms with Crippen LogP contribution in [-0.2, 0) is 4.74 Å². The predicted molar refractivity (Wildman–Crippen MR) is 30.7 cm³/mol. The Labute approximate surface area is 49.4 Å². The van der Waals surface area contributed by atoms with Crippen LogP contribution >= 0.6 is 0 Å². The van der Waals surface area contributed by atoms with E-state index in [1.807, 2.05) is 7.05 Å². The molecular weight excluding hydrogens is 104 g/mol. The molecule has 1 heterocycles. The van der Waals surface area contributed by atoms with Crippen molar-refractivity contribution in [3.63, 3.8) is 0 Å². The first-order valence-corrected chi connectivity index (χ1v) is 2.83. The van der Waals surface area contributed by atoms with Crippen molar-refractivity contribution in [2.45, 2.75) is 6.10 Å². The Morgan fingerprint density at radius 2 is 2.75 bits per heavy atom. The quantitative estimate of drug-likeness (QED) is 0.509. The number of hydrogen-bond acceptors (Lipinski definition) is 2. The van der Waals surface area contributed by atoms with Gasteiger partial charge in [-0.05, 0) is 7.05 Å². The second-order valence-electron chi connectivity index (χ2n) is 1.88. The fourth-order valence-electron chi connectivity index (χ4n) is 0.759. The monoisotopic (exact) mass is 115 g/mol. The fraction of sp³-hybridized carbons (Fsp3) is 1.00. The van der Waals surface area contributed by atoms with Crippen LogP contribution in [0.5, 0.6) is 0 Å². The summed E-state index contributed by atoms with van der Waals surface area (Å²) in [5.74, 6) is 0. The summed E-state index contributed by atoms with van der Waals surface area (Å²) in [5, 5.41) is 7.05. The third-order valence-corrected chi connectivity index (χ3v) is 1.17. The third kappa shape index (κ3) is 1.43. The van der Waals surface area contributed by atoms with E-state index in [1.165, 1.54) is 0 Å². The first-order valence-electron chi connectivity index (χ1n) is 2.83. The highest BCUT2D eigenvalue weighted by atomic mass is 16.5. The Balaban J connectivity index is 2.06. The lowest BCUT2D eigenvalue weighted by Gasteiger charge is -2.04. The van der Waals surface area contributed by atoms with E-state index in [2.05, 4.69) is 10.6 Å². The molecule has 1 radical (unpaired) electrons. The van der Waals surface area contributed by atoms with Crippen LogP contribution in [0.1, 0.15) is 0 Å². The summed E-state index contributed by atoms with van der Waals surface area (Å²) in [6.07, 6.45) is 0.333. The second kappa shape index (κ2) is 3.02. The van der Waals surface area contributed by atoms with Gasteiger partial charge in [-0.3, -0.25) is 0 Å². The highest BCUT2D eigenvalue weighted by Gasteiger charge is 2.13. The summed E-state index contributed by atoms with van der Waals surface area (Å²) in [6, 6.07) is 0. The second-order valence-corrected chi connectivity index (χ2v) is 1.88. The number of rotatable bonds is 2. The summed E-state index contributed by atoms with van der Waals surface area (Å²) < 4.78 is 5.16. The lowest BCUT2D eigenvalue weighted by molar-refractivity contribution is 0.113. The Morgan fingerprint density at radius 1 is 1.88 bits per heavy atom. The summed E-state index contributed by atoms with van der Waals surface area (Å²) in [7, 11) is 1.92. The molecule has 0 bridgehead atoms. The van der Waals surface area contributed by atoms with Crippen molar-refractivity contribution in [2.24, 2.45) is 0 Å². The third-order valence-electron chi connectivity index (χ3n) is 1.17. The van der Waals surface area contributed by atoms with Crippen molar-refractivity contribution < 1.29 is 4.74 Å². The average Bonchev–Trinajstić information content (AvgIpc) is 2.19. The molecule has 1 aliphatic heterocycles.